The predicted octanol–water partition coefficient (Wildman–Crippen LogP) is 2.62. The molecule has 0 unspecified atom stereocenters. The normalized spacial score (nSPS) is 14.8. The Labute approximate surface area is 127 Å². The zero-order chi connectivity index (χ0) is 15.5. The number of benzene rings is 1. The van der Waals surface area contributed by atoms with E-state index in [1.807, 2.05) is 24.3 Å². The van der Waals surface area contributed by atoms with Crippen LogP contribution in [-0.4, -0.2) is 23.9 Å². The number of nitrogens with zero attached hydrogens (tertiary/aromatic N) is 1. The summed E-state index contributed by atoms with van der Waals surface area (Å²) in [6.07, 6.45) is 5.26. The Morgan fingerprint density at radius 3 is 2.77 bits per heavy atom. The third-order valence-corrected chi connectivity index (χ3v) is 3.46. The molecule has 1 N–H and O–H groups in total. The number of amides is 1. The van der Waals surface area contributed by atoms with Gasteiger partial charge in [0.25, 0.3) is 0 Å². The average Bonchev–Trinajstić information content (AvgIpc) is 2.84. The van der Waals surface area contributed by atoms with Gasteiger partial charge in [-0.25, -0.2) is 4.79 Å². The highest BCUT2D eigenvalue weighted by Gasteiger charge is 2.25. The fourth-order valence-electron chi connectivity index (χ4n) is 2.38. The van der Waals surface area contributed by atoms with Crippen molar-refractivity contribution in [2.45, 2.75) is 6.42 Å². The first-order valence-electron chi connectivity index (χ1n) is 6.85. The molecule has 2 aromatic rings. The molecule has 0 radical (unpaired) electrons. The van der Waals surface area contributed by atoms with Crippen LogP contribution in [0.4, 0.5) is 4.79 Å². The van der Waals surface area contributed by atoms with Crippen LogP contribution in [0.25, 0.3) is 6.08 Å². The van der Waals surface area contributed by atoms with Crippen molar-refractivity contribution in [2.75, 3.05) is 7.05 Å². The number of fused-ring (bicyclic) bond motifs is 1. The molecule has 22 heavy (non-hydrogen) atoms. The summed E-state index contributed by atoms with van der Waals surface area (Å²) in [6, 6.07) is 8.82. The molecule has 110 valence electrons. The SMILES string of the molecule is CNC(=O)Oc1ccc2c(c1)C(=O)C(=Cc1ccncc1)C2. The van der Waals surface area contributed by atoms with Gasteiger partial charge in [-0.15, -0.1) is 0 Å². The van der Waals surface area contributed by atoms with Crippen molar-refractivity contribution in [3.63, 3.8) is 0 Å². The summed E-state index contributed by atoms with van der Waals surface area (Å²) in [5, 5.41) is 2.37. The van der Waals surface area contributed by atoms with E-state index in [2.05, 4.69) is 10.3 Å². The van der Waals surface area contributed by atoms with E-state index in [0.29, 0.717) is 17.7 Å². The van der Waals surface area contributed by atoms with Crippen molar-refractivity contribution in [1.82, 2.24) is 10.3 Å². The van der Waals surface area contributed by atoms with E-state index in [0.717, 1.165) is 16.7 Å². The lowest BCUT2D eigenvalue weighted by molar-refractivity contribution is 0.104. The average molecular weight is 294 g/mol. The Balaban J connectivity index is 1.88. The molecule has 3 rings (SSSR count). The van der Waals surface area contributed by atoms with E-state index < -0.39 is 6.09 Å². The zero-order valence-electron chi connectivity index (χ0n) is 12.0. The molecule has 1 amide bonds. The van der Waals surface area contributed by atoms with Crippen molar-refractivity contribution >= 4 is 18.0 Å². The summed E-state index contributed by atoms with van der Waals surface area (Å²) in [5.41, 5.74) is 3.18. The number of hydrogen-bond acceptors (Lipinski definition) is 4. The molecule has 0 fully saturated rings. The first-order chi connectivity index (χ1) is 10.7. The van der Waals surface area contributed by atoms with Gasteiger partial charge < -0.3 is 10.1 Å². The Morgan fingerprint density at radius 2 is 2.05 bits per heavy atom. The molecule has 0 bridgehead atoms. The number of ether oxygens (including phenoxy) is 1. The lowest BCUT2D eigenvalue weighted by Gasteiger charge is -2.04. The van der Waals surface area contributed by atoms with E-state index in [4.69, 9.17) is 4.74 Å². The number of aromatic nitrogens is 1. The van der Waals surface area contributed by atoms with Crippen LogP contribution in [0, 0.1) is 0 Å². The summed E-state index contributed by atoms with van der Waals surface area (Å²) in [4.78, 5) is 27.7. The second-order valence-electron chi connectivity index (χ2n) is 4.91. The number of carbonyl (C=O) groups is 2. The van der Waals surface area contributed by atoms with Gasteiger partial charge >= 0.3 is 6.09 Å². The third-order valence-electron chi connectivity index (χ3n) is 3.46. The maximum Gasteiger partial charge on any atom is 0.412 e. The highest BCUT2D eigenvalue weighted by molar-refractivity contribution is 6.15. The molecule has 0 spiro atoms. The summed E-state index contributed by atoms with van der Waals surface area (Å²) in [7, 11) is 1.48. The fourth-order valence-corrected chi connectivity index (χ4v) is 2.38. The summed E-state index contributed by atoms with van der Waals surface area (Å²) < 4.78 is 5.06. The van der Waals surface area contributed by atoms with Gasteiger partial charge in [0.1, 0.15) is 5.75 Å². The molecule has 1 aromatic heterocycles. The van der Waals surface area contributed by atoms with Gasteiger partial charge in [-0.1, -0.05) is 6.07 Å². The molecular weight excluding hydrogens is 280 g/mol. The van der Waals surface area contributed by atoms with Crippen LogP contribution in [0.15, 0.2) is 48.3 Å². The van der Waals surface area contributed by atoms with Crippen molar-refractivity contribution < 1.29 is 14.3 Å². The number of allylic oxidation sites excluding steroid dienone is 1. The lowest BCUT2D eigenvalue weighted by atomic mass is 10.1. The topological polar surface area (TPSA) is 68.3 Å². The number of ketones is 1. The predicted molar refractivity (Wildman–Crippen MR) is 81.8 cm³/mol. The summed E-state index contributed by atoms with van der Waals surface area (Å²) >= 11 is 0. The Kier molecular flexibility index (Phi) is 3.70. The van der Waals surface area contributed by atoms with Gasteiger partial charge in [0.2, 0.25) is 0 Å². The van der Waals surface area contributed by atoms with Crippen LogP contribution >= 0.6 is 0 Å². The molecule has 1 aromatic carbocycles. The molecule has 0 atom stereocenters. The number of carbonyl (C=O) groups excluding carboxylic acids is 2. The number of nitrogens with one attached hydrogen (secondary N) is 1. The van der Waals surface area contributed by atoms with Crippen molar-refractivity contribution in [3.05, 3.63) is 65.0 Å². The minimum Gasteiger partial charge on any atom is -0.410 e. The van der Waals surface area contributed by atoms with E-state index in [1.165, 1.54) is 7.05 Å². The van der Waals surface area contributed by atoms with Crippen molar-refractivity contribution in [1.29, 1.82) is 0 Å². The van der Waals surface area contributed by atoms with Gasteiger partial charge in [0.15, 0.2) is 5.78 Å². The maximum absolute atomic E-state index is 12.5. The summed E-state index contributed by atoms with van der Waals surface area (Å²) in [5.74, 6) is 0.325. The molecule has 1 aliphatic carbocycles. The van der Waals surface area contributed by atoms with Crippen LogP contribution in [0.3, 0.4) is 0 Å². The van der Waals surface area contributed by atoms with Crippen LogP contribution in [-0.2, 0) is 6.42 Å². The lowest BCUT2D eigenvalue weighted by Crippen LogP contribution is -2.22. The Bertz CT molecular complexity index is 767. The Morgan fingerprint density at radius 1 is 1.27 bits per heavy atom. The molecule has 5 heteroatoms. The standard InChI is InChI=1S/C17H14N2O3/c1-18-17(21)22-14-3-2-12-9-13(16(20)15(12)10-14)8-11-4-6-19-7-5-11/h2-8,10H,9H2,1H3,(H,18,21). The number of Topliss-reactive ketones (excluding diaryl/α,β-unsaturated/α-hetero) is 1. The van der Waals surface area contributed by atoms with Crippen LogP contribution in [0.1, 0.15) is 21.5 Å². The number of hydrogen-bond donors (Lipinski definition) is 1. The summed E-state index contributed by atoms with van der Waals surface area (Å²) in [6.45, 7) is 0. The molecule has 0 saturated heterocycles. The van der Waals surface area contributed by atoms with Crippen molar-refractivity contribution in [2.24, 2.45) is 0 Å². The second-order valence-corrected chi connectivity index (χ2v) is 4.91. The number of pyridine rings is 1. The molecule has 5 nitrogen and oxygen atoms in total. The van der Waals surface area contributed by atoms with Crippen LogP contribution in [0.2, 0.25) is 0 Å². The van der Waals surface area contributed by atoms with E-state index in [-0.39, 0.29) is 5.78 Å². The number of rotatable bonds is 2. The van der Waals surface area contributed by atoms with Gasteiger partial charge in [0, 0.05) is 37.0 Å². The largest absolute Gasteiger partial charge is 0.412 e. The molecule has 0 saturated carbocycles. The Hall–Kier alpha value is -2.95. The van der Waals surface area contributed by atoms with E-state index in [9.17, 15) is 9.59 Å². The highest BCUT2D eigenvalue weighted by atomic mass is 16.5. The fraction of sp³-hybridized carbons (Fsp3) is 0.118. The maximum atomic E-state index is 12.5. The van der Waals surface area contributed by atoms with Crippen LogP contribution in [0.5, 0.6) is 5.75 Å². The van der Waals surface area contributed by atoms with E-state index >= 15 is 0 Å². The smallest absolute Gasteiger partial charge is 0.410 e. The monoisotopic (exact) mass is 294 g/mol. The molecule has 1 heterocycles. The van der Waals surface area contributed by atoms with Gasteiger partial charge in [-0.2, -0.15) is 0 Å². The molecule has 0 aliphatic heterocycles. The van der Waals surface area contributed by atoms with Crippen LogP contribution < -0.4 is 10.1 Å². The van der Waals surface area contributed by atoms with E-state index in [1.54, 1.807) is 24.5 Å². The van der Waals surface area contributed by atoms with Gasteiger partial charge in [-0.05, 0) is 41.5 Å². The second kappa shape index (κ2) is 5.81. The van der Waals surface area contributed by atoms with Gasteiger partial charge in [-0.3, -0.25) is 9.78 Å². The van der Waals surface area contributed by atoms with Crippen molar-refractivity contribution in [3.8, 4) is 5.75 Å². The zero-order valence-corrected chi connectivity index (χ0v) is 12.0. The minimum atomic E-state index is -0.557. The van der Waals surface area contributed by atoms with Gasteiger partial charge in [0.05, 0.1) is 0 Å². The molecular formula is C17H14N2O3. The quantitative estimate of drug-likeness (QED) is 0.864. The first-order valence-corrected chi connectivity index (χ1v) is 6.85. The first kappa shape index (κ1) is 14.0. The highest BCUT2D eigenvalue weighted by Crippen LogP contribution is 2.30. The molecule has 1 aliphatic rings. The minimum absolute atomic E-state index is 0.0332. The third kappa shape index (κ3) is 2.74.